The van der Waals surface area contributed by atoms with Crippen molar-refractivity contribution in [2.24, 2.45) is 5.92 Å². The Kier molecular flexibility index (Phi) is 4.70. The summed E-state index contributed by atoms with van der Waals surface area (Å²) >= 11 is 0. The van der Waals surface area contributed by atoms with E-state index in [9.17, 15) is 14.7 Å². The van der Waals surface area contributed by atoms with E-state index in [0.717, 1.165) is 6.42 Å². The smallest absolute Gasteiger partial charge is 0.273 e. The molecule has 4 rings (SSSR count). The SMILES string of the molecule is Cc1ocnc1C(=O)N[C@H]1C[C@H](C(=O)N2CCc3ccccc3C2)C[C@@H]1O. The van der Waals surface area contributed by atoms with Gasteiger partial charge in [0.15, 0.2) is 12.1 Å². The summed E-state index contributed by atoms with van der Waals surface area (Å²) in [6.45, 7) is 2.96. The van der Waals surface area contributed by atoms with E-state index in [1.807, 2.05) is 17.0 Å². The van der Waals surface area contributed by atoms with Gasteiger partial charge in [0, 0.05) is 19.0 Å². The summed E-state index contributed by atoms with van der Waals surface area (Å²) in [7, 11) is 0. The molecule has 2 aliphatic rings. The van der Waals surface area contributed by atoms with Gasteiger partial charge in [-0.05, 0) is 37.3 Å². The number of carbonyl (C=O) groups excluding carboxylic acids is 2. The second kappa shape index (κ2) is 7.15. The number of benzene rings is 1. The number of aromatic nitrogens is 1. The van der Waals surface area contributed by atoms with Crippen molar-refractivity contribution in [2.75, 3.05) is 6.54 Å². The van der Waals surface area contributed by atoms with E-state index in [1.165, 1.54) is 17.5 Å². The maximum Gasteiger partial charge on any atom is 0.273 e. The van der Waals surface area contributed by atoms with Crippen molar-refractivity contribution < 1.29 is 19.1 Å². The van der Waals surface area contributed by atoms with Gasteiger partial charge in [-0.2, -0.15) is 0 Å². The van der Waals surface area contributed by atoms with E-state index in [1.54, 1.807) is 6.92 Å². The van der Waals surface area contributed by atoms with Crippen LogP contribution in [0.3, 0.4) is 0 Å². The Bertz CT molecular complexity index is 862. The molecule has 1 aromatic carbocycles. The highest BCUT2D eigenvalue weighted by Crippen LogP contribution is 2.30. The average molecular weight is 369 g/mol. The molecule has 1 aliphatic carbocycles. The zero-order valence-corrected chi connectivity index (χ0v) is 15.2. The van der Waals surface area contributed by atoms with Crippen LogP contribution in [0.15, 0.2) is 35.1 Å². The molecular formula is C20H23N3O4. The van der Waals surface area contributed by atoms with E-state index in [2.05, 4.69) is 22.4 Å². The molecule has 2 heterocycles. The lowest BCUT2D eigenvalue weighted by molar-refractivity contribution is -0.136. The number of aliphatic hydroxyl groups excluding tert-OH is 1. The lowest BCUT2D eigenvalue weighted by atomic mass is 9.98. The third kappa shape index (κ3) is 3.47. The Morgan fingerprint density at radius 1 is 1.26 bits per heavy atom. The lowest BCUT2D eigenvalue weighted by Crippen LogP contribution is -2.41. The standard InChI is InChI=1S/C20H23N3O4/c1-12-18(21-11-27-12)19(25)22-16-8-15(9-17(16)24)20(26)23-7-6-13-4-2-3-5-14(13)10-23/h2-5,11,15-17,24H,6-10H2,1H3,(H,22,25)/t15-,16-,17-/m0/s1. The van der Waals surface area contributed by atoms with Crippen molar-refractivity contribution in [3.05, 3.63) is 53.2 Å². The van der Waals surface area contributed by atoms with Gasteiger partial charge in [-0.15, -0.1) is 0 Å². The van der Waals surface area contributed by atoms with Crippen LogP contribution >= 0.6 is 0 Å². The molecule has 1 aliphatic heterocycles. The Morgan fingerprint density at radius 2 is 2.04 bits per heavy atom. The number of rotatable bonds is 3. The van der Waals surface area contributed by atoms with Crippen LogP contribution in [0.2, 0.25) is 0 Å². The van der Waals surface area contributed by atoms with Gasteiger partial charge in [0.05, 0.1) is 12.1 Å². The third-order valence-electron chi connectivity index (χ3n) is 5.60. The maximum absolute atomic E-state index is 12.9. The molecule has 1 aromatic heterocycles. The van der Waals surface area contributed by atoms with Gasteiger partial charge >= 0.3 is 0 Å². The molecule has 0 saturated heterocycles. The predicted molar refractivity (Wildman–Crippen MR) is 96.8 cm³/mol. The van der Waals surface area contributed by atoms with Crippen LogP contribution < -0.4 is 5.32 Å². The molecule has 3 atom stereocenters. The number of aliphatic hydroxyl groups is 1. The van der Waals surface area contributed by atoms with Gasteiger partial charge in [0.1, 0.15) is 5.76 Å². The van der Waals surface area contributed by atoms with E-state index < -0.39 is 12.1 Å². The summed E-state index contributed by atoms with van der Waals surface area (Å²) in [5.41, 5.74) is 2.69. The second-order valence-electron chi connectivity index (χ2n) is 7.35. The highest BCUT2D eigenvalue weighted by Gasteiger charge is 2.40. The average Bonchev–Trinajstić information content (AvgIpc) is 3.26. The number of oxazole rings is 1. The summed E-state index contributed by atoms with van der Waals surface area (Å²) < 4.78 is 5.05. The Morgan fingerprint density at radius 3 is 2.78 bits per heavy atom. The van der Waals surface area contributed by atoms with Gasteiger partial charge < -0.3 is 19.7 Å². The Balaban J connectivity index is 1.39. The lowest BCUT2D eigenvalue weighted by Gasteiger charge is -2.31. The maximum atomic E-state index is 12.9. The van der Waals surface area contributed by atoms with Crippen molar-refractivity contribution in [1.29, 1.82) is 0 Å². The molecule has 27 heavy (non-hydrogen) atoms. The highest BCUT2D eigenvalue weighted by molar-refractivity contribution is 5.93. The molecule has 0 spiro atoms. The van der Waals surface area contributed by atoms with Gasteiger partial charge in [-0.3, -0.25) is 9.59 Å². The quantitative estimate of drug-likeness (QED) is 0.853. The van der Waals surface area contributed by atoms with E-state index in [-0.39, 0.29) is 23.4 Å². The van der Waals surface area contributed by atoms with Gasteiger partial charge in [0.25, 0.3) is 5.91 Å². The number of hydrogen-bond donors (Lipinski definition) is 2. The number of fused-ring (bicyclic) bond motifs is 1. The van der Waals surface area contributed by atoms with Crippen molar-refractivity contribution >= 4 is 11.8 Å². The fourth-order valence-corrected chi connectivity index (χ4v) is 4.07. The molecule has 7 heteroatoms. The van der Waals surface area contributed by atoms with Gasteiger partial charge in [-0.25, -0.2) is 4.98 Å². The molecule has 0 bridgehead atoms. The molecule has 2 amide bonds. The Hall–Kier alpha value is -2.67. The zero-order valence-electron chi connectivity index (χ0n) is 15.2. The van der Waals surface area contributed by atoms with Crippen molar-refractivity contribution in [3.63, 3.8) is 0 Å². The highest BCUT2D eigenvalue weighted by atomic mass is 16.3. The molecular weight excluding hydrogens is 346 g/mol. The molecule has 1 fully saturated rings. The molecule has 1 saturated carbocycles. The van der Waals surface area contributed by atoms with Crippen LogP contribution in [-0.4, -0.2) is 45.5 Å². The van der Waals surface area contributed by atoms with E-state index in [0.29, 0.717) is 31.7 Å². The number of nitrogens with one attached hydrogen (secondary N) is 1. The predicted octanol–water partition coefficient (Wildman–Crippen LogP) is 1.44. The zero-order chi connectivity index (χ0) is 19.0. The molecule has 2 N–H and O–H groups in total. The normalized spacial score (nSPS) is 24.5. The van der Waals surface area contributed by atoms with Crippen LogP contribution in [0.5, 0.6) is 0 Å². The van der Waals surface area contributed by atoms with Crippen LogP contribution in [0.25, 0.3) is 0 Å². The minimum Gasteiger partial charge on any atom is -0.448 e. The van der Waals surface area contributed by atoms with Gasteiger partial charge in [-0.1, -0.05) is 24.3 Å². The van der Waals surface area contributed by atoms with Crippen molar-refractivity contribution in [1.82, 2.24) is 15.2 Å². The summed E-state index contributed by atoms with van der Waals surface area (Å²) in [6, 6.07) is 7.71. The molecule has 0 radical (unpaired) electrons. The van der Waals surface area contributed by atoms with Crippen LogP contribution in [0, 0.1) is 12.8 Å². The number of aryl methyl sites for hydroxylation is 1. The summed E-state index contributed by atoms with van der Waals surface area (Å²) in [5.74, 6) is -0.184. The van der Waals surface area contributed by atoms with E-state index in [4.69, 9.17) is 4.42 Å². The minimum absolute atomic E-state index is 0.0536. The first-order valence-corrected chi connectivity index (χ1v) is 9.27. The molecule has 7 nitrogen and oxygen atoms in total. The number of nitrogens with zero attached hydrogens (tertiary/aromatic N) is 2. The third-order valence-corrected chi connectivity index (χ3v) is 5.60. The molecule has 0 unspecified atom stereocenters. The van der Waals surface area contributed by atoms with Gasteiger partial charge in [0.2, 0.25) is 5.91 Å². The first-order valence-electron chi connectivity index (χ1n) is 9.27. The van der Waals surface area contributed by atoms with Crippen LogP contribution in [0.4, 0.5) is 0 Å². The topological polar surface area (TPSA) is 95.7 Å². The van der Waals surface area contributed by atoms with Crippen LogP contribution in [0.1, 0.15) is 40.2 Å². The van der Waals surface area contributed by atoms with Crippen molar-refractivity contribution in [3.8, 4) is 0 Å². The molecule has 142 valence electrons. The summed E-state index contributed by atoms with van der Waals surface area (Å²) in [5, 5.41) is 13.1. The fourth-order valence-electron chi connectivity index (χ4n) is 4.07. The number of carbonyl (C=O) groups is 2. The second-order valence-corrected chi connectivity index (χ2v) is 7.35. The first-order chi connectivity index (χ1) is 13.0. The first kappa shape index (κ1) is 17.7. The largest absolute Gasteiger partial charge is 0.448 e. The van der Waals surface area contributed by atoms with Crippen LogP contribution in [-0.2, 0) is 17.8 Å². The monoisotopic (exact) mass is 369 g/mol. The van der Waals surface area contributed by atoms with Crippen molar-refractivity contribution in [2.45, 2.75) is 44.9 Å². The Labute approximate surface area is 157 Å². The summed E-state index contributed by atoms with van der Waals surface area (Å²) in [4.78, 5) is 31.0. The molecule has 2 aromatic rings. The number of amides is 2. The number of hydrogen-bond acceptors (Lipinski definition) is 5. The summed E-state index contributed by atoms with van der Waals surface area (Å²) in [6.07, 6.45) is 2.12. The minimum atomic E-state index is -0.743. The fraction of sp³-hybridized carbons (Fsp3) is 0.450. The van der Waals surface area contributed by atoms with E-state index >= 15 is 0 Å².